The standard InChI is InChI=1S/C9H13ClN4O2/c1-6(2)5-13(3)8-7(14(15)16)4-11-9(10)12-8/h4,6H,5H2,1-3H3. The Bertz CT molecular complexity index is 397. The van der Waals surface area contributed by atoms with Crippen LogP contribution in [0.5, 0.6) is 0 Å². The van der Waals surface area contributed by atoms with E-state index in [2.05, 4.69) is 9.97 Å². The summed E-state index contributed by atoms with van der Waals surface area (Å²) in [5.41, 5.74) is -0.132. The Morgan fingerprint density at radius 2 is 2.25 bits per heavy atom. The molecule has 0 fully saturated rings. The minimum absolute atomic E-state index is 0.0104. The maximum atomic E-state index is 10.8. The fraction of sp³-hybridized carbons (Fsp3) is 0.556. The lowest BCUT2D eigenvalue weighted by Gasteiger charge is -2.19. The molecule has 6 nitrogen and oxygen atoms in total. The second kappa shape index (κ2) is 5.07. The van der Waals surface area contributed by atoms with Crippen LogP contribution in [0.2, 0.25) is 5.28 Å². The molecule has 1 heterocycles. The fourth-order valence-corrected chi connectivity index (χ4v) is 1.52. The summed E-state index contributed by atoms with van der Waals surface area (Å²) in [4.78, 5) is 19.5. The van der Waals surface area contributed by atoms with E-state index < -0.39 is 4.92 Å². The second-order valence-electron chi connectivity index (χ2n) is 3.88. The molecule has 7 heteroatoms. The van der Waals surface area contributed by atoms with E-state index in [0.29, 0.717) is 12.5 Å². The summed E-state index contributed by atoms with van der Waals surface area (Å²) in [6, 6.07) is 0. The number of nitro groups is 1. The van der Waals surface area contributed by atoms with Crippen LogP contribution in [0.15, 0.2) is 6.20 Å². The topological polar surface area (TPSA) is 72.2 Å². The number of halogens is 1. The van der Waals surface area contributed by atoms with Crippen LogP contribution in [0.3, 0.4) is 0 Å². The van der Waals surface area contributed by atoms with Gasteiger partial charge < -0.3 is 4.90 Å². The SMILES string of the molecule is CC(C)CN(C)c1nc(Cl)ncc1[N+](=O)[O-]. The Morgan fingerprint density at radius 1 is 1.62 bits per heavy atom. The molecule has 16 heavy (non-hydrogen) atoms. The first-order valence-corrected chi connectivity index (χ1v) is 5.17. The number of nitrogens with zero attached hydrogens (tertiary/aromatic N) is 4. The predicted octanol–water partition coefficient (Wildman–Crippen LogP) is 2.13. The summed E-state index contributed by atoms with van der Waals surface area (Å²) >= 11 is 5.63. The van der Waals surface area contributed by atoms with Crippen molar-refractivity contribution in [2.24, 2.45) is 5.92 Å². The molecular formula is C9H13ClN4O2. The van der Waals surface area contributed by atoms with Crippen molar-refractivity contribution in [2.75, 3.05) is 18.5 Å². The molecule has 0 saturated heterocycles. The van der Waals surface area contributed by atoms with Crippen LogP contribution in [0.1, 0.15) is 13.8 Å². The summed E-state index contributed by atoms with van der Waals surface area (Å²) in [6.07, 6.45) is 1.13. The van der Waals surface area contributed by atoms with Gasteiger partial charge in [0.1, 0.15) is 6.20 Å². The Kier molecular flexibility index (Phi) is 4.00. The van der Waals surface area contributed by atoms with Gasteiger partial charge in [0.05, 0.1) is 4.92 Å². The summed E-state index contributed by atoms with van der Waals surface area (Å²) < 4.78 is 0. The molecule has 0 radical (unpaired) electrons. The highest BCUT2D eigenvalue weighted by atomic mass is 35.5. The third-order valence-electron chi connectivity index (χ3n) is 1.92. The Labute approximate surface area is 98.4 Å². The number of rotatable bonds is 4. The van der Waals surface area contributed by atoms with Gasteiger partial charge in [-0.3, -0.25) is 10.1 Å². The van der Waals surface area contributed by atoms with E-state index in [1.54, 1.807) is 11.9 Å². The first-order valence-electron chi connectivity index (χ1n) is 4.80. The lowest BCUT2D eigenvalue weighted by atomic mass is 10.2. The summed E-state index contributed by atoms with van der Waals surface area (Å²) in [6.45, 7) is 4.70. The quantitative estimate of drug-likeness (QED) is 0.461. The molecule has 0 spiro atoms. The highest BCUT2D eigenvalue weighted by molar-refractivity contribution is 6.28. The van der Waals surface area contributed by atoms with Gasteiger partial charge in [0.2, 0.25) is 11.1 Å². The van der Waals surface area contributed by atoms with E-state index in [9.17, 15) is 10.1 Å². The maximum absolute atomic E-state index is 10.8. The minimum Gasteiger partial charge on any atom is -0.354 e. The lowest BCUT2D eigenvalue weighted by molar-refractivity contribution is -0.384. The molecule has 0 aromatic carbocycles. The van der Waals surface area contributed by atoms with E-state index in [4.69, 9.17) is 11.6 Å². The summed E-state index contributed by atoms with van der Waals surface area (Å²) in [5, 5.41) is 10.8. The normalized spacial score (nSPS) is 10.6. The first kappa shape index (κ1) is 12.6. The average Bonchev–Trinajstić information content (AvgIpc) is 2.15. The van der Waals surface area contributed by atoms with Crippen LogP contribution in [0.25, 0.3) is 0 Å². The van der Waals surface area contributed by atoms with Crippen molar-refractivity contribution in [3.63, 3.8) is 0 Å². The molecule has 0 unspecified atom stereocenters. The van der Waals surface area contributed by atoms with Gasteiger partial charge in [-0.25, -0.2) is 4.98 Å². The van der Waals surface area contributed by atoms with Gasteiger partial charge in [-0.1, -0.05) is 13.8 Å². The molecule has 0 atom stereocenters. The molecule has 0 aliphatic rings. The largest absolute Gasteiger partial charge is 0.354 e. The van der Waals surface area contributed by atoms with Gasteiger partial charge in [-0.05, 0) is 17.5 Å². The molecule has 0 bridgehead atoms. The smallest absolute Gasteiger partial charge is 0.329 e. The first-order chi connectivity index (χ1) is 7.41. The van der Waals surface area contributed by atoms with Crippen molar-refractivity contribution in [1.29, 1.82) is 0 Å². The number of aromatic nitrogens is 2. The zero-order valence-electron chi connectivity index (χ0n) is 9.35. The van der Waals surface area contributed by atoms with E-state index in [1.165, 1.54) is 0 Å². The lowest BCUT2D eigenvalue weighted by Crippen LogP contribution is -2.24. The molecule has 0 aliphatic heterocycles. The third kappa shape index (κ3) is 3.03. The van der Waals surface area contributed by atoms with Crippen molar-refractivity contribution in [3.05, 3.63) is 21.6 Å². The van der Waals surface area contributed by atoms with E-state index >= 15 is 0 Å². The van der Waals surface area contributed by atoms with Gasteiger partial charge in [-0.2, -0.15) is 4.98 Å². The van der Waals surface area contributed by atoms with Crippen LogP contribution in [-0.4, -0.2) is 28.5 Å². The molecule has 1 aromatic heterocycles. The van der Waals surface area contributed by atoms with Crippen molar-refractivity contribution >= 4 is 23.1 Å². The molecular weight excluding hydrogens is 232 g/mol. The number of anilines is 1. The van der Waals surface area contributed by atoms with E-state index in [1.807, 2.05) is 13.8 Å². The third-order valence-corrected chi connectivity index (χ3v) is 2.10. The van der Waals surface area contributed by atoms with E-state index in [-0.39, 0.29) is 16.8 Å². The maximum Gasteiger partial charge on any atom is 0.329 e. The Morgan fingerprint density at radius 3 is 2.75 bits per heavy atom. The van der Waals surface area contributed by atoms with Gasteiger partial charge in [0.25, 0.3) is 0 Å². The van der Waals surface area contributed by atoms with Crippen molar-refractivity contribution < 1.29 is 4.92 Å². The van der Waals surface area contributed by atoms with E-state index in [0.717, 1.165) is 6.20 Å². The zero-order chi connectivity index (χ0) is 12.3. The molecule has 0 aliphatic carbocycles. The van der Waals surface area contributed by atoms with Crippen molar-refractivity contribution in [3.8, 4) is 0 Å². The molecule has 0 saturated carbocycles. The van der Waals surface area contributed by atoms with Gasteiger partial charge >= 0.3 is 5.69 Å². The molecule has 0 amide bonds. The van der Waals surface area contributed by atoms with Crippen LogP contribution in [-0.2, 0) is 0 Å². The zero-order valence-corrected chi connectivity index (χ0v) is 10.1. The van der Waals surface area contributed by atoms with Crippen LogP contribution < -0.4 is 4.90 Å². The number of hydrogen-bond donors (Lipinski definition) is 0. The highest BCUT2D eigenvalue weighted by Gasteiger charge is 2.20. The molecule has 88 valence electrons. The Balaban J connectivity index is 3.09. The fourth-order valence-electron chi connectivity index (χ4n) is 1.39. The Hall–Kier alpha value is -1.43. The average molecular weight is 245 g/mol. The predicted molar refractivity (Wildman–Crippen MR) is 61.8 cm³/mol. The molecule has 1 aromatic rings. The monoisotopic (exact) mass is 244 g/mol. The summed E-state index contributed by atoms with van der Waals surface area (Å²) in [7, 11) is 1.74. The van der Waals surface area contributed by atoms with Crippen molar-refractivity contribution in [2.45, 2.75) is 13.8 Å². The van der Waals surface area contributed by atoms with Crippen LogP contribution in [0.4, 0.5) is 11.5 Å². The van der Waals surface area contributed by atoms with Crippen molar-refractivity contribution in [1.82, 2.24) is 9.97 Å². The second-order valence-corrected chi connectivity index (χ2v) is 4.22. The van der Waals surface area contributed by atoms with Gasteiger partial charge in [-0.15, -0.1) is 0 Å². The van der Waals surface area contributed by atoms with Gasteiger partial charge in [0.15, 0.2) is 0 Å². The molecule has 1 rings (SSSR count). The van der Waals surface area contributed by atoms with Crippen LogP contribution >= 0.6 is 11.6 Å². The summed E-state index contributed by atoms with van der Waals surface area (Å²) in [5.74, 6) is 0.622. The minimum atomic E-state index is -0.511. The van der Waals surface area contributed by atoms with Crippen LogP contribution in [0, 0.1) is 16.0 Å². The highest BCUT2D eigenvalue weighted by Crippen LogP contribution is 2.25. The van der Waals surface area contributed by atoms with Gasteiger partial charge in [0, 0.05) is 13.6 Å². The number of hydrogen-bond acceptors (Lipinski definition) is 5. The molecule has 0 N–H and O–H groups in total.